The maximum Gasteiger partial charge on any atom is 0.269 e. The van der Waals surface area contributed by atoms with Crippen LogP contribution in [0.3, 0.4) is 0 Å². The molecule has 0 aliphatic carbocycles. The van der Waals surface area contributed by atoms with Crippen molar-refractivity contribution < 1.29 is 20.0 Å². The Bertz CT molecular complexity index is 851. The van der Waals surface area contributed by atoms with Crippen LogP contribution < -0.4 is 10.6 Å². The van der Waals surface area contributed by atoms with E-state index in [0.29, 0.717) is 10.0 Å². The number of hydrogen-bond acceptors (Lipinski definition) is 6. The SMILES string of the molecule is O=C(NCCNC(=O)C(Cc1ccc(Cl)cc1)=NO)C(Cc1ccc(Cl)cc1)=NO. The Labute approximate surface area is 183 Å². The molecule has 0 fully saturated rings. The Morgan fingerprint density at radius 3 is 1.33 bits per heavy atom. The van der Waals surface area contributed by atoms with Gasteiger partial charge in [-0.25, -0.2) is 0 Å². The van der Waals surface area contributed by atoms with E-state index in [1.165, 1.54) is 0 Å². The average Bonchev–Trinajstić information content (AvgIpc) is 2.75. The summed E-state index contributed by atoms with van der Waals surface area (Å²) in [5.41, 5.74) is 1.34. The lowest BCUT2D eigenvalue weighted by atomic mass is 10.1. The van der Waals surface area contributed by atoms with Gasteiger partial charge in [-0.15, -0.1) is 0 Å². The number of nitrogens with zero attached hydrogens (tertiary/aromatic N) is 2. The van der Waals surface area contributed by atoms with E-state index in [4.69, 9.17) is 33.6 Å². The molecule has 0 aromatic heterocycles. The highest BCUT2D eigenvalue weighted by molar-refractivity contribution is 6.39. The fraction of sp³-hybridized carbons (Fsp3) is 0.200. The first kappa shape index (κ1) is 23.2. The summed E-state index contributed by atoms with van der Waals surface area (Å²) in [4.78, 5) is 24.3. The van der Waals surface area contributed by atoms with E-state index in [1.54, 1.807) is 48.5 Å². The number of oxime groups is 2. The number of benzene rings is 2. The van der Waals surface area contributed by atoms with Crippen LogP contribution in [0.1, 0.15) is 11.1 Å². The summed E-state index contributed by atoms with van der Waals surface area (Å²) in [5, 5.41) is 30.5. The molecule has 0 radical (unpaired) electrons. The molecule has 0 spiro atoms. The number of carbonyl (C=O) groups excluding carboxylic acids is 2. The second-order valence-corrected chi connectivity index (χ2v) is 7.08. The fourth-order valence-corrected chi connectivity index (χ4v) is 2.72. The maximum atomic E-state index is 12.1. The molecule has 10 heteroatoms. The molecule has 0 atom stereocenters. The molecule has 0 unspecified atom stereocenters. The monoisotopic (exact) mass is 450 g/mol. The molecule has 0 aliphatic rings. The molecule has 0 heterocycles. The standard InChI is InChI=1S/C20H20Cl2N4O4/c21-15-5-1-13(2-6-15)11-17(25-29)19(27)23-9-10-24-20(28)18(26-30)12-14-3-7-16(22)8-4-14/h1-8,29-30H,9-12H2,(H,23,27)(H,24,28). The van der Waals surface area contributed by atoms with E-state index in [1.807, 2.05) is 0 Å². The molecule has 4 N–H and O–H groups in total. The van der Waals surface area contributed by atoms with Gasteiger partial charge < -0.3 is 21.0 Å². The number of hydrogen-bond donors (Lipinski definition) is 4. The lowest BCUT2D eigenvalue weighted by molar-refractivity contribution is -0.116. The first-order valence-electron chi connectivity index (χ1n) is 8.90. The van der Waals surface area contributed by atoms with Gasteiger partial charge >= 0.3 is 0 Å². The zero-order chi connectivity index (χ0) is 21.9. The first-order chi connectivity index (χ1) is 14.4. The Morgan fingerprint density at radius 1 is 0.700 bits per heavy atom. The Morgan fingerprint density at radius 2 is 1.03 bits per heavy atom. The molecule has 2 aromatic carbocycles. The number of nitrogens with one attached hydrogen (secondary N) is 2. The van der Waals surface area contributed by atoms with Gasteiger partial charge in [0.2, 0.25) is 0 Å². The zero-order valence-electron chi connectivity index (χ0n) is 15.8. The van der Waals surface area contributed by atoms with Crippen molar-refractivity contribution in [3.8, 4) is 0 Å². The summed E-state index contributed by atoms with van der Waals surface area (Å²) >= 11 is 11.6. The van der Waals surface area contributed by atoms with E-state index in [9.17, 15) is 9.59 Å². The van der Waals surface area contributed by atoms with Crippen LogP contribution in [0.15, 0.2) is 58.8 Å². The second kappa shape index (κ2) is 11.8. The number of carbonyl (C=O) groups is 2. The van der Waals surface area contributed by atoms with Gasteiger partial charge in [0.25, 0.3) is 11.8 Å². The molecular formula is C20H20Cl2N4O4. The van der Waals surface area contributed by atoms with Crippen LogP contribution >= 0.6 is 23.2 Å². The average molecular weight is 451 g/mol. The van der Waals surface area contributed by atoms with E-state index in [-0.39, 0.29) is 37.4 Å². The van der Waals surface area contributed by atoms with Gasteiger partial charge in [0.05, 0.1) is 0 Å². The predicted octanol–water partition coefficient (Wildman–Crippen LogP) is 2.67. The minimum Gasteiger partial charge on any atom is -0.410 e. The highest BCUT2D eigenvalue weighted by Gasteiger charge is 2.15. The summed E-state index contributed by atoms with van der Waals surface area (Å²) in [5.74, 6) is -1.14. The van der Waals surface area contributed by atoms with Crippen LogP contribution in [0, 0.1) is 0 Å². The summed E-state index contributed by atoms with van der Waals surface area (Å²) in [6.45, 7) is 0.174. The smallest absolute Gasteiger partial charge is 0.269 e. The van der Waals surface area contributed by atoms with Crippen molar-refractivity contribution in [3.63, 3.8) is 0 Å². The molecule has 0 bridgehead atoms. The van der Waals surface area contributed by atoms with Gasteiger partial charge in [0, 0.05) is 36.0 Å². The van der Waals surface area contributed by atoms with Crippen LogP contribution in [0.5, 0.6) is 0 Å². The molecule has 2 rings (SSSR count). The van der Waals surface area contributed by atoms with Crippen molar-refractivity contribution >= 4 is 46.4 Å². The van der Waals surface area contributed by atoms with Crippen LogP contribution in [0.25, 0.3) is 0 Å². The summed E-state index contributed by atoms with van der Waals surface area (Å²) < 4.78 is 0. The largest absolute Gasteiger partial charge is 0.410 e. The van der Waals surface area contributed by atoms with Crippen molar-refractivity contribution in [1.29, 1.82) is 0 Å². The van der Waals surface area contributed by atoms with Gasteiger partial charge in [-0.2, -0.15) is 0 Å². The quantitative estimate of drug-likeness (QED) is 0.203. The summed E-state index contributed by atoms with van der Waals surface area (Å²) in [6.07, 6.45) is 0.239. The van der Waals surface area contributed by atoms with E-state index in [0.717, 1.165) is 11.1 Å². The third-order valence-corrected chi connectivity index (χ3v) is 4.54. The van der Waals surface area contributed by atoms with Crippen LogP contribution in [-0.2, 0) is 22.4 Å². The predicted molar refractivity (Wildman–Crippen MR) is 115 cm³/mol. The lowest BCUT2D eigenvalue weighted by Crippen LogP contribution is -2.40. The molecular weight excluding hydrogens is 431 g/mol. The first-order valence-corrected chi connectivity index (χ1v) is 9.65. The van der Waals surface area contributed by atoms with Crippen LogP contribution in [0.4, 0.5) is 0 Å². The molecule has 0 saturated heterocycles. The molecule has 158 valence electrons. The molecule has 2 aromatic rings. The Balaban J connectivity index is 1.77. The third-order valence-electron chi connectivity index (χ3n) is 4.03. The van der Waals surface area contributed by atoms with Crippen molar-refractivity contribution in [1.82, 2.24) is 10.6 Å². The molecule has 8 nitrogen and oxygen atoms in total. The van der Waals surface area contributed by atoms with Gasteiger partial charge in [0.15, 0.2) is 0 Å². The highest BCUT2D eigenvalue weighted by Crippen LogP contribution is 2.11. The van der Waals surface area contributed by atoms with E-state index >= 15 is 0 Å². The summed E-state index contributed by atoms with van der Waals surface area (Å²) in [6, 6.07) is 13.6. The zero-order valence-corrected chi connectivity index (χ0v) is 17.3. The minimum absolute atomic E-state index is 0.0796. The van der Waals surface area contributed by atoms with Crippen molar-refractivity contribution in [2.24, 2.45) is 10.3 Å². The van der Waals surface area contributed by atoms with Gasteiger partial charge in [0.1, 0.15) is 11.4 Å². The maximum absolute atomic E-state index is 12.1. The normalized spacial score (nSPS) is 11.8. The fourth-order valence-electron chi connectivity index (χ4n) is 2.47. The number of rotatable bonds is 9. The van der Waals surface area contributed by atoms with Crippen molar-refractivity contribution in [2.45, 2.75) is 12.8 Å². The van der Waals surface area contributed by atoms with Gasteiger partial charge in [-0.1, -0.05) is 57.8 Å². The molecule has 0 aliphatic heterocycles. The molecule has 0 saturated carbocycles. The van der Waals surface area contributed by atoms with E-state index in [2.05, 4.69) is 20.9 Å². The Hall–Kier alpha value is -3.10. The second-order valence-electron chi connectivity index (χ2n) is 6.21. The Kier molecular flexibility index (Phi) is 9.11. The highest BCUT2D eigenvalue weighted by atomic mass is 35.5. The van der Waals surface area contributed by atoms with Gasteiger partial charge in [-0.3, -0.25) is 9.59 Å². The third kappa shape index (κ3) is 7.38. The number of amides is 2. The van der Waals surface area contributed by atoms with Gasteiger partial charge in [-0.05, 0) is 35.4 Å². The van der Waals surface area contributed by atoms with Crippen molar-refractivity contribution in [3.05, 3.63) is 69.7 Å². The molecule has 30 heavy (non-hydrogen) atoms. The van der Waals surface area contributed by atoms with Crippen LogP contribution in [0.2, 0.25) is 10.0 Å². The number of halogens is 2. The van der Waals surface area contributed by atoms with Crippen LogP contribution in [-0.4, -0.2) is 46.7 Å². The summed E-state index contributed by atoms with van der Waals surface area (Å²) in [7, 11) is 0. The lowest BCUT2D eigenvalue weighted by Gasteiger charge is -2.09. The van der Waals surface area contributed by atoms with E-state index < -0.39 is 11.8 Å². The topological polar surface area (TPSA) is 123 Å². The molecule has 2 amide bonds. The van der Waals surface area contributed by atoms with Crippen molar-refractivity contribution in [2.75, 3.05) is 13.1 Å². The minimum atomic E-state index is -0.570.